The Balaban J connectivity index is 1.37. The predicted octanol–water partition coefficient (Wildman–Crippen LogP) is 2.78. The fourth-order valence-corrected chi connectivity index (χ4v) is 3.25. The lowest BCUT2D eigenvalue weighted by Crippen LogP contribution is -2.22. The summed E-state index contributed by atoms with van der Waals surface area (Å²) in [6.45, 7) is 0. The molecule has 102 valence electrons. The molecule has 6 heteroatoms. The van der Waals surface area contributed by atoms with E-state index in [9.17, 15) is 13.6 Å². The Morgan fingerprint density at radius 3 is 2.68 bits per heavy atom. The highest BCUT2D eigenvalue weighted by Gasteiger charge is 2.65. The first-order valence-corrected chi connectivity index (χ1v) is 6.68. The summed E-state index contributed by atoms with van der Waals surface area (Å²) in [5.74, 6) is -2.16. The molecule has 1 unspecified atom stereocenters. The lowest BCUT2D eigenvalue weighted by molar-refractivity contribution is -0.119. The van der Waals surface area contributed by atoms with Gasteiger partial charge in [-0.2, -0.15) is 0 Å². The van der Waals surface area contributed by atoms with Gasteiger partial charge in [0.25, 0.3) is 0 Å². The number of rotatable bonds is 3. The second kappa shape index (κ2) is 3.55. The van der Waals surface area contributed by atoms with Crippen LogP contribution in [0.15, 0.2) is 10.6 Å². The zero-order valence-electron chi connectivity index (χ0n) is 10.2. The van der Waals surface area contributed by atoms with Crippen molar-refractivity contribution in [2.24, 2.45) is 17.8 Å². The number of anilines is 1. The summed E-state index contributed by atoms with van der Waals surface area (Å²) in [5.41, 5.74) is 0. The van der Waals surface area contributed by atoms with E-state index in [2.05, 4.69) is 10.3 Å². The van der Waals surface area contributed by atoms with Crippen LogP contribution in [-0.2, 0) is 4.79 Å². The van der Waals surface area contributed by atoms with Gasteiger partial charge in [-0.15, -0.1) is 0 Å². The Morgan fingerprint density at radius 2 is 2.05 bits per heavy atom. The van der Waals surface area contributed by atoms with Crippen LogP contribution in [0.1, 0.15) is 37.4 Å². The molecule has 0 aliphatic heterocycles. The molecule has 3 fully saturated rings. The third kappa shape index (κ3) is 1.93. The minimum atomic E-state index is -2.58. The maximum atomic E-state index is 13.0. The monoisotopic (exact) mass is 268 g/mol. The number of hydrogen-bond acceptors (Lipinski definition) is 3. The van der Waals surface area contributed by atoms with E-state index in [0.29, 0.717) is 5.92 Å². The van der Waals surface area contributed by atoms with Crippen LogP contribution >= 0.6 is 0 Å². The molecule has 1 aromatic heterocycles. The van der Waals surface area contributed by atoms with Crippen molar-refractivity contribution in [3.05, 3.63) is 12.0 Å². The van der Waals surface area contributed by atoms with Crippen molar-refractivity contribution in [3.8, 4) is 0 Å². The largest absolute Gasteiger partial charge is 0.428 e. The van der Waals surface area contributed by atoms with Gasteiger partial charge < -0.3 is 4.42 Å². The molecule has 1 aromatic rings. The average Bonchev–Trinajstić information content (AvgIpc) is 3.20. The van der Waals surface area contributed by atoms with Crippen LogP contribution in [0.3, 0.4) is 0 Å². The summed E-state index contributed by atoms with van der Waals surface area (Å²) in [5, 5.41) is 2.60. The molecule has 1 amide bonds. The summed E-state index contributed by atoms with van der Waals surface area (Å²) in [6.07, 6.45) is 3.52. The fraction of sp³-hybridized carbons (Fsp3) is 0.692. The highest BCUT2D eigenvalue weighted by Crippen LogP contribution is 2.62. The average molecular weight is 268 g/mol. The Morgan fingerprint density at radius 1 is 1.37 bits per heavy atom. The molecule has 0 saturated heterocycles. The van der Waals surface area contributed by atoms with Crippen molar-refractivity contribution in [2.75, 3.05) is 5.32 Å². The minimum absolute atomic E-state index is 0.158. The van der Waals surface area contributed by atoms with E-state index in [1.165, 1.54) is 0 Å². The van der Waals surface area contributed by atoms with Gasteiger partial charge in [0.15, 0.2) is 0 Å². The SMILES string of the molecule is O=C(Nc1ncc(C2CC2)o1)C1[C@H]2CC(F)(F)C[C@@H]12. The van der Waals surface area contributed by atoms with Crippen molar-refractivity contribution in [3.63, 3.8) is 0 Å². The molecule has 3 aliphatic carbocycles. The molecular formula is C13H14F2N2O2. The van der Waals surface area contributed by atoms with Crippen LogP contribution in [0, 0.1) is 17.8 Å². The van der Waals surface area contributed by atoms with Crippen LogP contribution in [-0.4, -0.2) is 16.8 Å². The van der Waals surface area contributed by atoms with Gasteiger partial charge in [0.2, 0.25) is 11.8 Å². The molecular weight excluding hydrogens is 254 g/mol. The zero-order chi connectivity index (χ0) is 13.2. The van der Waals surface area contributed by atoms with Gasteiger partial charge in [0.05, 0.1) is 6.20 Å². The lowest BCUT2D eigenvalue weighted by Gasteiger charge is -2.12. The van der Waals surface area contributed by atoms with Gasteiger partial charge in [-0.05, 0) is 24.7 Å². The van der Waals surface area contributed by atoms with Crippen molar-refractivity contribution in [2.45, 2.75) is 37.5 Å². The number of carbonyl (C=O) groups excluding carboxylic acids is 1. The van der Waals surface area contributed by atoms with E-state index in [0.717, 1.165) is 18.6 Å². The van der Waals surface area contributed by atoms with Gasteiger partial charge in [0.1, 0.15) is 5.76 Å². The molecule has 1 heterocycles. The molecule has 0 aromatic carbocycles. The number of nitrogens with zero attached hydrogens (tertiary/aromatic N) is 1. The summed E-state index contributed by atoms with van der Waals surface area (Å²) in [6, 6.07) is 0.198. The number of oxazole rings is 1. The predicted molar refractivity (Wildman–Crippen MR) is 61.8 cm³/mol. The number of carbonyl (C=O) groups is 1. The fourth-order valence-electron chi connectivity index (χ4n) is 3.25. The van der Waals surface area contributed by atoms with Crippen LogP contribution in [0.4, 0.5) is 14.8 Å². The maximum Gasteiger partial charge on any atom is 0.301 e. The molecule has 19 heavy (non-hydrogen) atoms. The van der Waals surface area contributed by atoms with Gasteiger partial charge in [0, 0.05) is 24.7 Å². The summed E-state index contributed by atoms with van der Waals surface area (Å²) in [4.78, 5) is 15.9. The summed E-state index contributed by atoms with van der Waals surface area (Å²) in [7, 11) is 0. The highest BCUT2D eigenvalue weighted by atomic mass is 19.3. The first kappa shape index (κ1) is 11.4. The Kier molecular flexibility index (Phi) is 2.13. The number of nitrogens with one attached hydrogen (secondary N) is 1. The summed E-state index contributed by atoms with van der Waals surface area (Å²) < 4.78 is 31.5. The molecule has 3 saturated carbocycles. The minimum Gasteiger partial charge on any atom is -0.428 e. The van der Waals surface area contributed by atoms with Crippen molar-refractivity contribution < 1.29 is 18.0 Å². The Hall–Kier alpha value is -1.46. The van der Waals surface area contributed by atoms with Gasteiger partial charge in [-0.1, -0.05) is 0 Å². The first-order chi connectivity index (χ1) is 9.03. The number of amides is 1. The summed E-state index contributed by atoms with van der Waals surface area (Å²) >= 11 is 0. The third-order valence-electron chi connectivity index (χ3n) is 4.44. The third-order valence-corrected chi connectivity index (χ3v) is 4.44. The van der Waals surface area contributed by atoms with Gasteiger partial charge in [-0.3, -0.25) is 10.1 Å². The first-order valence-electron chi connectivity index (χ1n) is 6.68. The molecule has 1 N–H and O–H groups in total. The number of hydrogen-bond donors (Lipinski definition) is 1. The van der Waals surface area contributed by atoms with E-state index in [4.69, 9.17) is 4.42 Å². The molecule has 0 bridgehead atoms. The van der Waals surface area contributed by atoms with Gasteiger partial charge >= 0.3 is 6.01 Å². The van der Waals surface area contributed by atoms with E-state index in [1.807, 2.05) is 0 Å². The van der Waals surface area contributed by atoms with E-state index in [-0.39, 0.29) is 42.5 Å². The van der Waals surface area contributed by atoms with E-state index < -0.39 is 5.92 Å². The smallest absolute Gasteiger partial charge is 0.301 e. The lowest BCUT2D eigenvalue weighted by atomic mass is 10.1. The molecule has 4 nitrogen and oxygen atoms in total. The Bertz CT molecular complexity index is 525. The Labute approximate surface area is 108 Å². The van der Waals surface area contributed by atoms with E-state index >= 15 is 0 Å². The second-order valence-corrected chi connectivity index (χ2v) is 5.95. The number of fused-ring (bicyclic) bond motifs is 1. The molecule has 3 atom stereocenters. The topological polar surface area (TPSA) is 55.1 Å². The van der Waals surface area contributed by atoms with Crippen LogP contribution in [0.25, 0.3) is 0 Å². The number of aromatic nitrogens is 1. The van der Waals surface area contributed by atoms with Crippen molar-refractivity contribution in [1.29, 1.82) is 0 Å². The zero-order valence-corrected chi connectivity index (χ0v) is 10.2. The van der Waals surface area contributed by atoms with Crippen LogP contribution in [0.5, 0.6) is 0 Å². The maximum absolute atomic E-state index is 13.0. The number of alkyl halides is 2. The molecule has 3 aliphatic rings. The van der Waals surface area contributed by atoms with Crippen molar-refractivity contribution in [1.82, 2.24) is 4.98 Å². The van der Waals surface area contributed by atoms with E-state index in [1.54, 1.807) is 6.20 Å². The quantitative estimate of drug-likeness (QED) is 0.917. The standard InChI is InChI=1S/C13H14F2N2O2/c14-13(15)3-7-8(4-13)10(7)11(18)17-12-16-5-9(19-12)6-1-2-6/h5-8,10H,1-4H2,(H,16,17,18)/t7-,8+,10?. The molecule has 0 spiro atoms. The second-order valence-electron chi connectivity index (χ2n) is 5.95. The normalized spacial score (nSPS) is 34.9. The number of halogens is 2. The van der Waals surface area contributed by atoms with Crippen LogP contribution in [0.2, 0.25) is 0 Å². The van der Waals surface area contributed by atoms with Crippen LogP contribution < -0.4 is 5.32 Å². The highest BCUT2D eigenvalue weighted by molar-refractivity contribution is 5.93. The molecule has 4 rings (SSSR count). The molecule has 0 radical (unpaired) electrons. The van der Waals surface area contributed by atoms with Gasteiger partial charge in [-0.25, -0.2) is 13.8 Å². The van der Waals surface area contributed by atoms with Crippen molar-refractivity contribution >= 4 is 11.9 Å².